The molecule has 0 aliphatic heterocycles. The number of benzene rings is 1. The van der Waals surface area contributed by atoms with Gasteiger partial charge in [-0.05, 0) is 17.2 Å². The van der Waals surface area contributed by atoms with Gasteiger partial charge in [-0.2, -0.15) is 13.5 Å². The Bertz CT molecular complexity index is 164. The van der Waals surface area contributed by atoms with Crippen LogP contribution in [0.15, 0.2) is 24.3 Å². The van der Waals surface area contributed by atoms with Gasteiger partial charge < -0.3 is 0 Å². The molecule has 0 nitrogen and oxygen atoms in total. The molecule has 2 aliphatic carbocycles. The fraction of sp³-hybridized carbons (Fsp3) is 0. The summed E-state index contributed by atoms with van der Waals surface area (Å²) < 4.78 is 0. The Morgan fingerprint density at radius 3 is 1.71 bits per heavy atom. The number of hydrogen-bond donors (Lipinski definition) is 0. The van der Waals surface area contributed by atoms with Gasteiger partial charge in [-0.15, -0.1) is 0 Å². The second kappa shape index (κ2) is 1.27. The van der Waals surface area contributed by atoms with Crippen molar-refractivity contribution in [1.29, 1.82) is 0 Å². The monoisotopic (exact) mass is 110 g/mol. The topological polar surface area (TPSA) is 0 Å². The summed E-state index contributed by atoms with van der Waals surface area (Å²) >= 11 is 0. The summed E-state index contributed by atoms with van der Waals surface area (Å²) in [5, 5.41) is 0. The van der Waals surface area contributed by atoms with E-state index in [4.69, 9.17) is 0 Å². The average molecular weight is 110 g/mol. The lowest BCUT2D eigenvalue weighted by Crippen LogP contribution is -1.23. The van der Waals surface area contributed by atoms with Crippen LogP contribution >= 0.6 is 13.5 Å². The predicted molar refractivity (Wildman–Crippen MR) is 35.8 cm³/mol. The molecule has 1 heteroatoms. The van der Waals surface area contributed by atoms with Crippen LogP contribution in [0.4, 0.5) is 0 Å². The van der Waals surface area contributed by atoms with Gasteiger partial charge in [-0.25, -0.2) is 0 Å². The minimum absolute atomic E-state index is 0. The maximum absolute atomic E-state index is 2.17. The molecule has 0 atom stereocenters. The highest BCUT2D eigenvalue weighted by Crippen LogP contribution is 2.32. The summed E-state index contributed by atoms with van der Waals surface area (Å²) in [6.45, 7) is 0. The highest BCUT2D eigenvalue weighted by Gasteiger charge is 2.06. The lowest BCUT2D eigenvalue weighted by molar-refractivity contribution is 2.01. The lowest BCUT2D eigenvalue weighted by Gasteiger charge is -1.48. The van der Waals surface area contributed by atoms with Crippen LogP contribution in [0.1, 0.15) is 0 Å². The van der Waals surface area contributed by atoms with Gasteiger partial charge in [0.25, 0.3) is 0 Å². The zero-order valence-electron chi connectivity index (χ0n) is 3.81. The van der Waals surface area contributed by atoms with Crippen LogP contribution in [0.3, 0.4) is 0 Å². The quantitative estimate of drug-likeness (QED) is 0.485. The van der Waals surface area contributed by atoms with Crippen molar-refractivity contribution >= 4 is 13.5 Å². The van der Waals surface area contributed by atoms with Gasteiger partial charge in [-0.3, -0.25) is 0 Å². The number of hydrogen-bond acceptors (Lipinski definition) is 0. The van der Waals surface area contributed by atoms with Crippen molar-refractivity contribution in [2.75, 3.05) is 0 Å². The van der Waals surface area contributed by atoms with E-state index >= 15 is 0 Å². The summed E-state index contributed by atoms with van der Waals surface area (Å²) in [6.07, 6.45) is 0. The Balaban J connectivity index is 0.000000245. The van der Waals surface area contributed by atoms with E-state index in [0.29, 0.717) is 0 Å². The molecule has 0 radical (unpaired) electrons. The van der Waals surface area contributed by atoms with E-state index in [1.165, 1.54) is 11.1 Å². The first-order chi connectivity index (χ1) is 2.97. The van der Waals surface area contributed by atoms with Gasteiger partial charge in [0.1, 0.15) is 0 Å². The first kappa shape index (κ1) is 4.72. The van der Waals surface area contributed by atoms with Crippen LogP contribution < -0.4 is 0 Å². The summed E-state index contributed by atoms with van der Waals surface area (Å²) in [5.74, 6) is 0. The maximum Gasteiger partial charge on any atom is -0.0178 e. The molecule has 0 N–H and O–H groups in total. The fourth-order valence-corrected chi connectivity index (χ4v) is 0.676. The van der Waals surface area contributed by atoms with E-state index in [2.05, 4.69) is 24.3 Å². The van der Waals surface area contributed by atoms with Crippen LogP contribution in [-0.4, -0.2) is 0 Å². The largest absolute Gasteiger partial charge is 0.197 e. The van der Waals surface area contributed by atoms with E-state index in [1.807, 2.05) is 0 Å². The molecular weight excluding hydrogens is 104 g/mol. The molecule has 0 amide bonds. The molecule has 0 unspecified atom stereocenters. The summed E-state index contributed by atoms with van der Waals surface area (Å²) in [7, 11) is 0. The molecule has 0 fully saturated rings. The second-order valence-electron chi connectivity index (χ2n) is 1.58. The fourth-order valence-electron chi connectivity index (χ4n) is 0.676. The molecular formula is C6H6S. The first-order valence-electron chi connectivity index (χ1n) is 2.07. The predicted octanol–water partition coefficient (Wildman–Crippen LogP) is 1.78. The van der Waals surface area contributed by atoms with Crippen molar-refractivity contribution in [2.45, 2.75) is 0 Å². The van der Waals surface area contributed by atoms with E-state index in [-0.39, 0.29) is 13.5 Å². The molecule has 2 rings (SSSR count). The van der Waals surface area contributed by atoms with Gasteiger partial charge in [0.05, 0.1) is 0 Å². The third-order valence-corrected chi connectivity index (χ3v) is 1.11. The normalized spacial score (nSPS) is 9.71. The van der Waals surface area contributed by atoms with E-state index < -0.39 is 0 Å². The molecule has 0 bridgehead atoms. The van der Waals surface area contributed by atoms with E-state index in [0.717, 1.165) is 0 Å². The van der Waals surface area contributed by atoms with Crippen LogP contribution in [0.2, 0.25) is 0 Å². The molecule has 36 valence electrons. The molecule has 0 spiro atoms. The standard InChI is InChI=1S/C6H4.H2S/c1-2-5-4-6(5)3-1;/h1-4H;1H2. The minimum Gasteiger partial charge on any atom is -0.197 e. The maximum atomic E-state index is 2.17. The second-order valence-corrected chi connectivity index (χ2v) is 1.58. The van der Waals surface area contributed by atoms with Crippen molar-refractivity contribution in [2.24, 2.45) is 0 Å². The lowest BCUT2D eigenvalue weighted by atomic mass is 10.6. The number of rotatable bonds is 0. The van der Waals surface area contributed by atoms with Crippen molar-refractivity contribution in [3.63, 3.8) is 0 Å². The molecule has 0 aromatic rings. The van der Waals surface area contributed by atoms with Gasteiger partial charge >= 0.3 is 0 Å². The van der Waals surface area contributed by atoms with E-state index in [9.17, 15) is 0 Å². The average Bonchev–Trinajstić information content (AvgIpc) is 2.17. The van der Waals surface area contributed by atoms with Crippen LogP contribution in [0, 0.1) is 0 Å². The Morgan fingerprint density at radius 2 is 1.57 bits per heavy atom. The van der Waals surface area contributed by atoms with Gasteiger partial charge in [-0.1, -0.05) is 18.2 Å². The van der Waals surface area contributed by atoms with Gasteiger partial charge in [0.2, 0.25) is 0 Å². The Morgan fingerprint density at radius 1 is 1.00 bits per heavy atom. The minimum atomic E-state index is 0. The van der Waals surface area contributed by atoms with Crippen LogP contribution in [0.25, 0.3) is 11.1 Å². The Hall–Kier alpha value is -0.430. The van der Waals surface area contributed by atoms with Crippen LogP contribution in [0.5, 0.6) is 0 Å². The van der Waals surface area contributed by atoms with E-state index in [1.54, 1.807) is 0 Å². The highest BCUT2D eigenvalue weighted by molar-refractivity contribution is 7.59. The zero-order chi connectivity index (χ0) is 3.98. The van der Waals surface area contributed by atoms with Crippen molar-refractivity contribution < 1.29 is 0 Å². The molecule has 0 aromatic heterocycles. The summed E-state index contributed by atoms with van der Waals surface area (Å²) in [6, 6.07) is 8.48. The third kappa shape index (κ3) is 0.530. The molecule has 0 saturated carbocycles. The van der Waals surface area contributed by atoms with Crippen molar-refractivity contribution in [3.05, 3.63) is 24.3 Å². The Kier molecular flexibility index (Phi) is 0.857. The third-order valence-electron chi connectivity index (χ3n) is 1.11. The molecule has 2 aliphatic rings. The molecule has 0 saturated heterocycles. The summed E-state index contributed by atoms with van der Waals surface area (Å²) in [4.78, 5) is 0. The van der Waals surface area contributed by atoms with Gasteiger partial charge in [0.15, 0.2) is 0 Å². The SMILES string of the molecule is S.c1cc2cc-2c1. The highest BCUT2D eigenvalue weighted by atomic mass is 32.1. The van der Waals surface area contributed by atoms with Crippen LogP contribution in [-0.2, 0) is 0 Å². The smallest absolute Gasteiger partial charge is 0.0178 e. The Labute approximate surface area is 49.6 Å². The van der Waals surface area contributed by atoms with Crippen molar-refractivity contribution in [3.8, 4) is 11.1 Å². The van der Waals surface area contributed by atoms with Gasteiger partial charge in [0, 0.05) is 0 Å². The number of fused-ring (bicyclic) bond motifs is 1. The van der Waals surface area contributed by atoms with Crippen molar-refractivity contribution in [1.82, 2.24) is 0 Å². The molecule has 7 heavy (non-hydrogen) atoms. The molecule has 0 aromatic carbocycles. The summed E-state index contributed by atoms with van der Waals surface area (Å²) in [5.41, 5.74) is 2.85. The molecule has 0 heterocycles. The zero-order valence-corrected chi connectivity index (χ0v) is 4.81. The first-order valence-corrected chi connectivity index (χ1v) is 2.07.